The first-order valence-electron chi connectivity index (χ1n) is 8.54. The number of ether oxygens (including phenoxy) is 1. The van der Waals surface area contributed by atoms with Crippen LogP contribution < -0.4 is 10.1 Å². The van der Waals surface area contributed by atoms with Crippen molar-refractivity contribution in [3.8, 4) is 11.5 Å². The summed E-state index contributed by atoms with van der Waals surface area (Å²) in [4.78, 5) is 49.3. The first-order chi connectivity index (χ1) is 14.3. The third-order valence-electron chi connectivity index (χ3n) is 4.11. The number of nitrogens with zero attached hydrogens (tertiary/aromatic N) is 1. The highest BCUT2D eigenvalue weighted by Crippen LogP contribution is 2.34. The maximum atomic E-state index is 12.6. The quantitative estimate of drug-likeness (QED) is 0.472. The lowest BCUT2D eigenvalue weighted by molar-refractivity contribution is -0.127. The van der Waals surface area contributed by atoms with Gasteiger partial charge in [-0.1, -0.05) is 18.2 Å². The van der Waals surface area contributed by atoms with Gasteiger partial charge in [-0.3, -0.25) is 19.3 Å². The number of benzene rings is 2. The van der Waals surface area contributed by atoms with Gasteiger partial charge < -0.3 is 20.3 Å². The van der Waals surface area contributed by atoms with Gasteiger partial charge in [0.15, 0.2) is 0 Å². The molecule has 0 atom stereocenters. The largest absolute Gasteiger partial charge is 0.508 e. The SMILES string of the molecule is COc1ccccc1/C=C1\SC(=O)N(CC(=O)Nc2ccc(O)cc2C(=O)O)C1=O. The van der Waals surface area contributed by atoms with Gasteiger partial charge in [-0.05, 0) is 42.1 Å². The van der Waals surface area contributed by atoms with Crippen molar-refractivity contribution in [2.45, 2.75) is 0 Å². The second kappa shape index (κ2) is 8.70. The number of nitrogens with one attached hydrogen (secondary N) is 1. The minimum absolute atomic E-state index is 0.0677. The summed E-state index contributed by atoms with van der Waals surface area (Å²) >= 11 is 0.690. The number of aromatic carboxylic acids is 1. The molecule has 2 aromatic rings. The molecule has 0 radical (unpaired) electrons. The number of para-hydroxylation sites is 1. The number of carbonyl (C=O) groups is 4. The first-order valence-corrected chi connectivity index (χ1v) is 9.36. The molecule has 1 heterocycles. The summed E-state index contributed by atoms with van der Waals surface area (Å²) in [7, 11) is 1.48. The standard InChI is InChI=1S/C20H16N2O7S/c1-29-15-5-3-2-4-11(15)8-16-18(25)22(20(28)30-16)10-17(24)21-14-7-6-12(23)9-13(14)19(26)27/h2-9,23H,10H2,1H3,(H,21,24)(H,26,27)/b16-8-. The first kappa shape index (κ1) is 20.9. The molecule has 0 unspecified atom stereocenters. The summed E-state index contributed by atoms with van der Waals surface area (Å²) in [6.45, 7) is -0.589. The van der Waals surface area contributed by atoms with Gasteiger partial charge in [0.25, 0.3) is 11.1 Å². The van der Waals surface area contributed by atoms with Crippen molar-refractivity contribution in [2.24, 2.45) is 0 Å². The molecule has 1 aliphatic rings. The van der Waals surface area contributed by atoms with Gasteiger partial charge in [-0.15, -0.1) is 0 Å². The molecule has 1 aliphatic heterocycles. The van der Waals surface area contributed by atoms with E-state index < -0.39 is 29.6 Å². The molecule has 0 aromatic heterocycles. The van der Waals surface area contributed by atoms with Crippen LogP contribution >= 0.6 is 11.8 Å². The number of amides is 3. The highest BCUT2D eigenvalue weighted by Gasteiger charge is 2.36. The molecule has 1 fully saturated rings. The molecule has 0 spiro atoms. The number of phenolic OH excluding ortho intramolecular Hbond substituents is 1. The number of carboxylic acid groups (broad SMARTS) is 1. The molecule has 2 aromatic carbocycles. The van der Waals surface area contributed by atoms with Crippen LogP contribution in [0.1, 0.15) is 15.9 Å². The zero-order valence-electron chi connectivity index (χ0n) is 15.6. The van der Waals surface area contributed by atoms with E-state index in [2.05, 4.69) is 5.32 Å². The third kappa shape index (κ3) is 4.44. The predicted octanol–water partition coefficient (Wildman–Crippen LogP) is 2.77. The van der Waals surface area contributed by atoms with Crippen LogP contribution in [0.4, 0.5) is 10.5 Å². The Morgan fingerprint density at radius 3 is 2.63 bits per heavy atom. The summed E-state index contributed by atoms with van der Waals surface area (Å²) in [6, 6.07) is 10.3. The molecule has 10 heteroatoms. The smallest absolute Gasteiger partial charge is 0.337 e. The van der Waals surface area contributed by atoms with Crippen molar-refractivity contribution in [2.75, 3.05) is 19.0 Å². The van der Waals surface area contributed by atoms with Crippen LogP contribution in [0, 0.1) is 0 Å². The maximum Gasteiger partial charge on any atom is 0.337 e. The van der Waals surface area contributed by atoms with Gasteiger partial charge >= 0.3 is 5.97 Å². The van der Waals surface area contributed by atoms with Gasteiger partial charge in [0, 0.05) is 5.56 Å². The van der Waals surface area contributed by atoms with E-state index in [4.69, 9.17) is 4.74 Å². The molecule has 3 N–H and O–H groups in total. The van der Waals surface area contributed by atoms with Crippen molar-refractivity contribution >= 4 is 46.5 Å². The number of thioether (sulfide) groups is 1. The summed E-state index contributed by atoms with van der Waals surface area (Å²) in [6.07, 6.45) is 1.50. The Bertz CT molecular complexity index is 1080. The van der Waals surface area contributed by atoms with Gasteiger partial charge in [-0.2, -0.15) is 0 Å². The number of aromatic hydroxyl groups is 1. The van der Waals surface area contributed by atoms with Crippen LogP contribution in [0.15, 0.2) is 47.4 Å². The van der Waals surface area contributed by atoms with Gasteiger partial charge in [0.1, 0.15) is 18.0 Å². The number of phenols is 1. The van der Waals surface area contributed by atoms with Crippen molar-refractivity contribution < 1.29 is 34.1 Å². The lowest BCUT2D eigenvalue weighted by Crippen LogP contribution is -2.36. The molecule has 1 saturated heterocycles. The van der Waals surface area contributed by atoms with E-state index in [1.807, 2.05) is 0 Å². The fourth-order valence-corrected chi connectivity index (χ4v) is 3.54. The van der Waals surface area contributed by atoms with E-state index in [-0.39, 0.29) is 21.9 Å². The molecule has 9 nitrogen and oxygen atoms in total. The lowest BCUT2D eigenvalue weighted by Gasteiger charge is -2.13. The molecule has 0 aliphatic carbocycles. The second-order valence-electron chi connectivity index (χ2n) is 6.09. The van der Waals surface area contributed by atoms with Gasteiger partial charge in [-0.25, -0.2) is 4.79 Å². The number of imide groups is 1. The highest BCUT2D eigenvalue weighted by atomic mass is 32.2. The van der Waals surface area contributed by atoms with Crippen molar-refractivity contribution in [3.63, 3.8) is 0 Å². The number of carboxylic acids is 1. The van der Waals surface area contributed by atoms with Crippen LogP contribution in [-0.2, 0) is 9.59 Å². The summed E-state index contributed by atoms with van der Waals surface area (Å²) < 4.78 is 5.22. The van der Waals surface area contributed by atoms with Crippen LogP contribution in [0.2, 0.25) is 0 Å². The Balaban J connectivity index is 1.75. The van der Waals surface area contributed by atoms with Gasteiger partial charge in [0.05, 0.1) is 23.3 Å². The van der Waals surface area contributed by atoms with E-state index in [1.54, 1.807) is 24.3 Å². The number of carbonyl (C=O) groups excluding carboxylic acids is 3. The average Bonchev–Trinajstić information content (AvgIpc) is 2.97. The molecule has 0 saturated carbocycles. The average molecular weight is 428 g/mol. The molecule has 3 rings (SSSR count). The Hall–Kier alpha value is -3.79. The number of hydrogen-bond acceptors (Lipinski definition) is 7. The van der Waals surface area contributed by atoms with Crippen LogP contribution in [0.3, 0.4) is 0 Å². The fraction of sp³-hybridized carbons (Fsp3) is 0.100. The Morgan fingerprint density at radius 1 is 1.20 bits per heavy atom. The number of methoxy groups -OCH3 is 1. The maximum absolute atomic E-state index is 12.6. The number of rotatable bonds is 6. The Labute approximate surface area is 174 Å². The number of hydrogen-bond donors (Lipinski definition) is 3. The zero-order chi connectivity index (χ0) is 21.8. The lowest BCUT2D eigenvalue weighted by atomic mass is 10.1. The van der Waals surface area contributed by atoms with E-state index in [0.29, 0.717) is 23.1 Å². The van der Waals surface area contributed by atoms with Crippen LogP contribution in [0.25, 0.3) is 6.08 Å². The zero-order valence-corrected chi connectivity index (χ0v) is 16.4. The Kier molecular flexibility index (Phi) is 6.07. The fourth-order valence-electron chi connectivity index (χ4n) is 2.71. The monoisotopic (exact) mass is 428 g/mol. The normalized spacial score (nSPS) is 14.8. The molecule has 154 valence electrons. The molecule has 30 heavy (non-hydrogen) atoms. The van der Waals surface area contributed by atoms with Gasteiger partial charge in [0.2, 0.25) is 5.91 Å². The third-order valence-corrected chi connectivity index (χ3v) is 5.02. The van der Waals surface area contributed by atoms with E-state index in [1.165, 1.54) is 25.3 Å². The highest BCUT2D eigenvalue weighted by molar-refractivity contribution is 8.18. The molecule has 3 amide bonds. The van der Waals surface area contributed by atoms with E-state index in [9.17, 15) is 29.4 Å². The topological polar surface area (TPSA) is 133 Å². The second-order valence-corrected chi connectivity index (χ2v) is 7.09. The minimum atomic E-state index is -1.35. The predicted molar refractivity (Wildman–Crippen MR) is 109 cm³/mol. The summed E-state index contributed by atoms with van der Waals surface area (Å²) in [5.41, 5.74) is 0.209. The van der Waals surface area contributed by atoms with E-state index in [0.717, 1.165) is 11.0 Å². The minimum Gasteiger partial charge on any atom is -0.508 e. The summed E-state index contributed by atoms with van der Waals surface area (Å²) in [5.74, 6) is -2.51. The van der Waals surface area contributed by atoms with Crippen LogP contribution in [0.5, 0.6) is 11.5 Å². The Morgan fingerprint density at radius 2 is 1.93 bits per heavy atom. The summed E-state index contributed by atoms with van der Waals surface area (Å²) in [5, 5.41) is 20.3. The van der Waals surface area contributed by atoms with Crippen LogP contribution in [-0.4, -0.2) is 51.8 Å². The van der Waals surface area contributed by atoms with Crippen molar-refractivity contribution in [3.05, 3.63) is 58.5 Å². The van der Waals surface area contributed by atoms with E-state index >= 15 is 0 Å². The van der Waals surface area contributed by atoms with Crippen molar-refractivity contribution in [1.82, 2.24) is 4.90 Å². The molecular formula is C20H16N2O7S. The van der Waals surface area contributed by atoms with Crippen molar-refractivity contribution in [1.29, 1.82) is 0 Å². The molecule has 0 bridgehead atoms. The molecular weight excluding hydrogens is 412 g/mol. The number of anilines is 1.